The molecule has 0 spiro atoms. The summed E-state index contributed by atoms with van der Waals surface area (Å²) in [6.07, 6.45) is 9.52. The van der Waals surface area contributed by atoms with Crippen molar-refractivity contribution in [1.82, 2.24) is 15.1 Å². The fourth-order valence-corrected chi connectivity index (χ4v) is 2.54. The van der Waals surface area contributed by atoms with Crippen molar-refractivity contribution < 1.29 is 9.53 Å². The molecular formula is C15H26N4O2. The lowest BCUT2D eigenvalue weighted by Crippen LogP contribution is -2.31. The number of aromatic nitrogens is 2. The second-order valence-corrected chi connectivity index (χ2v) is 5.63. The monoisotopic (exact) mass is 294 g/mol. The van der Waals surface area contributed by atoms with Crippen molar-refractivity contribution in [2.24, 2.45) is 5.73 Å². The quantitative estimate of drug-likeness (QED) is 0.703. The van der Waals surface area contributed by atoms with Gasteiger partial charge in [0, 0.05) is 44.6 Å². The Morgan fingerprint density at radius 2 is 2.19 bits per heavy atom. The van der Waals surface area contributed by atoms with Crippen molar-refractivity contribution >= 4 is 5.91 Å². The van der Waals surface area contributed by atoms with E-state index in [2.05, 4.69) is 10.4 Å². The number of nitrogens with two attached hydrogens (primary N) is 1. The zero-order valence-corrected chi connectivity index (χ0v) is 12.5. The summed E-state index contributed by atoms with van der Waals surface area (Å²) in [5, 5.41) is 6.97. The van der Waals surface area contributed by atoms with E-state index in [0.29, 0.717) is 38.3 Å². The topological polar surface area (TPSA) is 82.2 Å². The van der Waals surface area contributed by atoms with Crippen LogP contribution in [0.3, 0.4) is 0 Å². The van der Waals surface area contributed by atoms with E-state index < -0.39 is 0 Å². The molecule has 6 heteroatoms. The largest absolute Gasteiger partial charge is 0.378 e. The first kappa shape index (κ1) is 16.0. The minimum atomic E-state index is 0.0640. The van der Waals surface area contributed by atoms with Gasteiger partial charge in [-0.25, -0.2) is 0 Å². The van der Waals surface area contributed by atoms with Crippen molar-refractivity contribution in [3.05, 3.63) is 18.5 Å². The Labute approximate surface area is 126 Å². The molecule has 1 aromatic rings. The van der Waals surface area contributed by atoms with Crippen molar-refractivity contribution in [3.63, 3.8) is 0 Å². The van der Waals surface area contributed by atoms with Crippen LogP contribution in [0.5, 0.6) is 0 Å². The van der Waals surface area contributed by atoms with Crippen LogP contribution in [0.15, 0.2) is 18.5 Å². The number of nitrogens with one attached hydrogen (secondary N) is 1. The van der Waals surface area contributed by atoms with Crippen LogP contribution in [0.1, 0.15) is 38.5 Å². The number of amides is 1. The molecule has 0 aromatic carbocycles. The fraction of sp³-hybridized carbons (Fsp3) is 0.733. The number of hydrogen-bond acceptors (Lipinski definition) is 4. The fourth-order valence-electron chi connectivity index (χ4n) is 2.54. The van der Waals surface area contributed by atoms with Gasteiger partial charge in [-0.15, -0.1) is 0 Å². The molecule has 1 aliphatic carbocycles. The Hall–Kier alpha value is -1.40. The second kappa shape index (κ2) is 8.79. The van der Waals surface area contributed by atoms with Gasteiger partial charge in [0.25, 0.3) is 0 Å². The van der Waals surface area contributed by atoms with Crippen LogP contribution in [0.4, 0.5) is 0 Å². The lowest BCUT2D eigenvalue weighted by atomic mass is 9.94. The highest BCUT2D eigenvalue weighted by Gasteiger charge is 2.18. The van der Waals surface area contributed by atoms with Crippen molar-refractivity contribution in [1.29, 1.82) is 0 Å². The third-order valence-corrected chi connectivity index (χ3v) is 3.84. The smallest absolute Gasteiger partial charge is 0.221 e. The molecule has 1 fully saturated rings. The minimum Gasteiger partial charge on any atom is -0.378 e. The molecule has 0 aliphatic heterocycles. The molecule has 3 N–H and O–H groups in total. The van der Waals surface area contributed by atoms with Crippen LogP contribution in [-0.2, 0) is 16.1 Å². The zero-order valence-electron chi connectivity index (χ0n) is 12.5. The van der Waals surface area contributed by atoms with Crippen LogP contribution < -0.4 is 11.1 Å². The Balaban J connectivity index is 1.45. The van der Waals surface area contributed by atoms with Gasteiger partial charge in [0.1, 0.15) is 0 Å². The van der Waals surface area contributed by atoms with Crippen LogP contribution >= 0.6 is 0 Å². The molecule has 1 heterocycles. The van der Waals surface area contributed by atoms with E-state index >= 15 is 0 Å². The average Bonchev–Trinajstić information content (AvgIpc) is 3.00. The van der Waals surface area contributed by atoms with Crippen LogP contribution in [-0.4, -0.2) is 41.0 Å². The zero-order chi connectivity index (χ0) is 14.9. The lowest BCUT2D eigenvalue weighted by Gasteiger charge is -2.26. The molecule has 6 nitrogen and oxygen atoms in total. The average molecular weight is 294 g/mol. The molecule has 118 valence electrons. The van der Waals surface area contributed by atoms with Crippen LogP contribution in [0, 0.1) is 0 Å². The van der Waals surface area contributed by atoms with Gasteiger partial charge in [0.15, 0.2) is 0 Å². The van der Waals surface area contributed by atoms with Gasteiger partial charge in [-0.3, -0.25) is 9.48 Å². The van der Waals surface area contributed by atoms with E-state index in [4.69, 9.17) is 10.5 Å². The molecule has 0 radical (unpaired) electrons. The molecule has 2 rings (SSSR count). The third-order valence-electron chi connectivity index (χ3n) is 3.84. The van der Waals surface area contributed by atoms with Gasteiger partial charge in [-0.2, -0.15) is 5.10 Å². The SMILES string of the molecule is NC1CCC(OCCCNC(=O)CCn2cccn2)CC1. The number of aryl methyl sites for hydroxylation is 1. The van der Waals surface area contributed by atoms with Crippen molar-refractivity contribution in [2.75, 3.05) is 13.2 Å². The molecule has 1 aromatic heterocycles. The van der Waals surface area contributed by atoms with Crippen LogP contribution in [0.2, 0.25) is 0 Å². The van der Waals surface area contributed by atoms with Gasteiger partial charge in [-0.05, 0) is 38.2 Å². The number of carbonyl (C=O) groups is 1. The van der Waals surface area contributed by atoms with Gasteiger partial charge in [0.2, 0.25) is 5.91 Å². The summed E-state index contributed by atoms with van der Waals surface area (Å²) in [5.74, 6) is 0.0640. The number of hydrogen-bond donors (Lipinski definition) is 2. The Morgan fingerprint density at radius 1 is 1.38 bits per heavy atom. The summed E-state index contributed by atoms with van der Waals surface area (Å²) in [6, 6.07) is 2.21. The number of ether oxygens (including phenoxy) is 1. The molecule has 0 atom stereocenters. The summed E-state index contributed by atoms with van der Waals surface area (Å²) < 4.78 is 7.57. The van der Waals surface area contributed by atoms with Gasteiger partial charge < -0.3 is 15.8 Å². The number of nitrogens with zero attached hydrogens (tertiary/aromatic N) is 2. The first-order chi connectivity index (χ1) is 10.2. The number of rotatable bonds is 8. The standard InChI is InChI=1S/C15H26N4O2/c16-13-3-5-14(6-4-13)21-12-2-8-17-15(20)7-11-19-10-1-9-18-19/h1,9-10,13-14H,2-8,11-12,16H2,(H,17,20). The molecule has 1 saturated carbocycles. The normalized spacial score (nSPS) is 22.1. The van der Waals surface area contributed by atoms with E-state index in [1.807, 2.05) is 12.3 Å². The summed E-state index contributed by atoms with van der Waals surface area (Å²) >= 11 is 0. The highest BCUT2D eigenvalue weighted by molar-refractivity contribution is 5.75. The lowest BCUT2D eigenvalue weighted by molar-refractivity contribution is -0.121. The third kappa shape index (κ3) is 6.27. The molecule has 1 amide bonds. The summed E-state index contributed by atoms with van der Waals surface area (Å²) in [7, 11) is 0. The second-order valence-electron chi connectivity index (χ2n) is 5.63. The Bertz CT molecular complexity index is 400. The molecule has 0 saturated heterocycles. The first-order valence-electron chi connectivity index (χ1n) is 7.85. The highest BCUT2D eigenvalue weighted by Crippen LogP contribution is 2.19. The number of carbonyl (C=O) groups excluding carboxylic acids is 1. The Morgan fingerprint density at radius 3 is 2.90 bits per heavy atom. The summed E-state index contributed by atoms with van der Waals surface area (Å²) in [6.45, 7) is 2.00. The predicted octanol–water partition coefficient (Wildman–Crippen LogP) is 1.07. The highest BCUT2D eigenvalue weighted by atomic mass is 16.5. The van der Waals surface area contributed by atoms with Gasteiger partial charge >= 0.3 is 0 Å². The van der Waals surface area contributed by atoms with E-state index in [1.165, 1.54) is 0 Å². The molecule has 1 aliphatic rings. The van der Waals surface area contributed by atoms with Gasteiger partial charge in [-0.1, -0.05) is 0 Å². The minimum absolute atomic E-state index is 0.0640. The molecule has 0 bridgehead atoms. The Kier molecular flexibility index (Phi) is 6.69. The van der Waals surface area contributed by atoms with E-state index in [-0.39, 0.29) is 5.91 Å². The molecule has 0 unspecified atom stereocenters. The van der Waals surface area contributed by atoms with Crippen molar-refractivity contribution in [2.45, 2.75) is 57.2 Å². The maximum absolute atomic E-state index is 11.6. The maximum atomic E-state index is 11.6. The van der Waals surface area contributed by atoms with E-state index in [9.17, 15) is 4.79 Å². The first-order valence-corrected chi connectivity index (χ1v) is 7.85. The van der Waals surface area contributed by atoms with E-state index in [1.54, 1.807) is 10.9 Å². The van der Waals surface area contributed by atoms with Crippen molar-refractivity contribution in [3.8, 4) is 0 Å². The maximum Gasteiger partial charge on any atom is 0.221 e. The summed E-state index contributed by atoms with van der Waals surface area (Å²) in [5.41, 5.74) is 5.86. The predicted molar refractivity (Wildman–Crippen MR) is 80.7 cm³/mol. The van der Waals surface area contributed by atoms with Crippen LogP contribution in [0.25, 0.3) is 0 Å². The summed E-state index contributed by atoms with van der Waals surface area (Å²) in [4.78, 5) is 11.6. The molecular weight excluding hydrogens is 268 g/mol. The van der Waals surface area contributed by atoms with Gasteiger partial charge in [0.05, 0.1) is 6.10 Å². The van der Waals surface area contributed by atoms with E-state index in [0.717, 1.165) is 32.1 Å². The molecule has 21 heavy (non-hydrogen) atoms.